The fourth-order valence-electron chi connectivity index (χ4n) is 4.26. The van der Waals surface area contributed by atoms with Crippen LogP contribution >= 0.6 is 15.9 Å². The Bertz CT molecular complexity index is 1400. The Morgan fingerprint density at radius 3 is 2.25 bits per heavy atom. The molecule has 0 saturated heterocycles. The summed E-state index contributed by atoms with van der Waals surface area (Å²) in [7, 11) is -2.45. The third-order valence-corrected chi connectivity index (χ3v) is 8.17. The molecule has 3 aromatic rings. The fourth-order valence-corrected chi connectivity index (χ4v) is 5.56. The van der Waals surface area contributed by atoms with Gasteiger partial charge in [0.25, 0.3) is 0 Å². The second-order valence-corrected chi connectivity index (χ2v) is 12.4. The minimum absolute atomic E-state index is 0.102. The zero-order valence-electron chi connectivity index (χ0n) is 23.2. The number of halogens is 1. The molecule has 3 rings (SSSR count). The maximum Gasteiger partial charge on any atom is 0.244 e. The van der Waals surface area contributed by atoms with Crippen molar-refractivity contribution >= 4 is 43.5 Å². The van der Waals surface area contributed by atoms with Crippen LogP contribution in [0.2, 0.25) is 0 Å². The van der Waals surface area contributed by atoms with Crippen LogP contribution in [0.3, 0.4) is 0 Å². The summed E-state index contributed by atoms with van der Waals surface area (Å²) < 4.78 is 33.2. The highest BCUT2D eigenvalue weighted by atomic mass is 79.9. The number of rotatable bonds is 13. The molecule has 0 aliphatic rings. The molecular weight excluding hydrogens is 594 g/mol. The summed E-state index contributed by atoms with van der Waals surface area (Å²) in [6, 6.07) is 22.6. The van der Waals surface area contributed by atoms with Crippen LogP contribution < -0.4 is 14.4 Å². The normalized spacial score (nSPS) is 12.7. The van der Waals surface area contributed by atoms with Crippen LogP contribution in [0.15, 0.2) is 83.3 Å². The summed E-state index contributed by atoms with van der Waals surface area (Å²) in [6.07, 6.45) is 2.03. The smallest absolute Gasteiger partial charge is 0.244 e. The molecule has 0 aliphatic carbocycles. The Hall–Kier alpha value is -3.37. The molecule has 0 spiro atoms. The first-order valence-electron chi connectivity index (χ1n) is 13.0. The van der Waals surface area contributed by atoms with E-state index in [0.29, 0.717) is 5.75 Å². The molecule has 0 saturated carbocycles. The predicted molar refractivity (Wildman–Crippen MR) is 162 cm³/mol. The molecule has 0 heterocycles. The molecular formula is C30H36BrN3O5S. The van der Waals surface area contributed by atoms with Crippen LogP contribution in [0.25, 0.3) is 0 Å². The van der Waals surface area contributed by atoms with Gasteiger partial charge in [0, 0.05) is 23.5 Å². The van der Waals surface area contributed by atoms with Crippen molar-refractivity contribution in [3.05, 3.63) is 94.5 Å². The number of nitrogens with zero attached hydrogens (tertiary/aromatic N) is 2. The summed E-state index contributed by atoms with van der Waals surface area (Å²) in [4.78, 5) is 29.3. The number of anilines is 1. The lowest BCUT2D eigenvalue weighted by Gasteiger charge is -2.34. The molecule has 2 unspecified atom stereocenters. The molecule has 0 aliphatic heterocycles. The van der Waals surface area contributed by atoms with Gasteiger partial charge in [-0.2, -0.15) is 0 Å². The van der Waals surface area contributed by atoms with Crippen molar-refractivity contribution in [3.63, 3.8) is 0 Å². The topological polar surface area (TPSA) is 96.0 Å². The Balaban J connectivity index is 2.08. The lowest BCUT2D eigenvalue weighted by Crippen LogP contribution is -2.54. The van der Waals surface area contributed by atoms with Gasteiger partial charge in [-0.1, -0.05) is 77.5 Å². The molecule has 1 N–H and O–H groups in total. The second-order valence-electron chi connectivity index (χ2n) is 9.62. The number of sulfonamides is 1. The molecule has 0 bridgehead atoms. The maximum absolute atomic E-state index is 14.1. The Kier molecular flexibility index (Phi) is 11.2. The number of amides is 2. The standard InChI is InChI=1S/C30H36BrN3O5S/c1-5-22(2)32-30(36)27(19-23-12-7-6-8-13-23)33(20-24-14-11-15-25(31)18-24)29(35)21-34(40(4,37)38)26-16-9-10-17-28(26)39-3/h6-18,22,27H,5,19-21H2,1-4H3,(H,32,36). The third-order valence-electron chi connectivity index (χ3n) is 6.55. The molecule has 8 nitrogen and oxygen atoms in total. The van der Waals surface area contributed by atoms with Gasteiger partial charge in [-0.25, -0.2) is 8.42 Å². The third kappa shape index (κ3) is 8.56. The van der Waals surface area contributed by atoms with Crippen molar-refractivity contribution in [2.75, 3.05) is 24.2 Å². The van der Waals surface area contributed by atoms with Crippen LogP contribution in [-0.2, 0) is 32.6 Å². The summed E-state index contributed by atoms with van der Waals surface area (Å²) >= 11 is 3.48. The van der Waals surface area contributed by atoms with Crippen LogP contribution in [-0.4, -0.2) is 57.1 Å². The highest BCUT2D eigenvalue weighted by Gasteiger charge is 2.34. The average molecular weight is 631 g/mol. The van der Waals surface area contributed by atoms with Crippen molar-refractivity contribution in [2.45, 2.75) is 45.3 Å². The van der Waals surface area contributed by atoms with Gasteiger partial charge in [0.2, 0.25) is 21.8 Å². The first-order valence-corrected chi connectivity index (χ1v) is 15.7. The first-order chi connectivity index (χ1) is 19.0. The second kappa shape index (κ2) is 14.3. The summed E-state index contributed by atoms with van der Waals surface area (Å²) in [5.74, 6) is -0.504. The number of ether oxygens (including phenoxy) is 1. The van der Waals surface area contributed by atoms with E-state index < -0.39 is 28.5 Å². The predicted octanol–water partition coefficient (Wildman–Crippen LogP) is 4.78. The van der Waals surface area contributed by atoms with E-state index in [0.717, 1.165) is 32.6 Å². The monoisotopic (exact) mass is 629 g/mol. The van der Waals surface area contributed by atoms with E-state index in [2.05, 4.69) is 21.2 Å². The summed E-state index contributed by atoms with van der Waals surface area (Å²) in [5.41, 5.74) is 1.91. The zero-order chi connectivity index (χ0) is 29.3. The number of benzene rings is 3. The van der Waals surface area contributed by atoms with Crippen molar-refractivity contribution in [3.8, 4) is 5.75 Å². The van der Waals surface area contributed by atoms with Gasteiger partial charge in [-0.15, -0.1) is 0 Å². The van der Waals surface area contributed by atoms with E-state index in [-0.39, 0.29) is 30.6 Å². The van der Waals surface area contributed by atoms with Crippen LogP contribution in [0, 0.1) is 0 Å². The Morgan fingerprint density at radius 2 is 1.62 bits per heavy atom. The lowest BCUT2D eigenvalue weighted by atomic mass is 10.0. The molecule has 10 heteroatoms. The highest BCUT2D eigenvalue weighted by Crippen LogP contribution is 2.30. The molecule has 2 amide bonds. The largest absolute Gasteiger partial charge is 0.495 e. The lowest BCUT2D eigenvalue weighted by molar-refractivity contribution is -0.140. The molecule has 0 fully saturated rings. The average Bonchev–Trinajstić information content (AvgIpc) is 2.93. The number of nitrogens with one attached hydrogen (secondary N) is 1. The quantitative estimate of drug-likeness (QED) is 0.294. The zero-order valence-corrected chi connectivity index (χ0v) is 25.6. The molecule has 0 radical (unpaired) electrons. The number of carbonyl (C=O) groups is 2. The van der Waals surface area contributed by atoms with Crippen molar-refractivity contribution in [2.24, 2.45) is 0 Å². The number of hydrogen-bond acceptors (Lipinski definition) is 5. The van der Waals surface area contributed by atoms with Crippen molar-refractivity contribution < 1.29 is 22.7 Å². The van der Waals surface area contributed by atoms with Crippen molar-refractivity contribution in [1.82, 2.24) is 10.2 Å². The minimum atomic E-state index is -3.89. The van der Waals surface area contributed by atoms with E-state index in [1.54, 1.807) is 24.3 Å². The molecule has 3 aromatic carbocycles. The van der Waals surface area contributed by atoms with Gasteiger partial charge in [0.05, 0.1) is 19.1 Å². The van der Waals surface area contributed by atoms with Gasteiger partial charge in [-0.3, -0.25) is 13.9 Å². The van der Waals surface area contributed by atoms with Crippen LogP contribution in [0.5, 0.6) is 5.75 Å². The van der Waals surface area contributed by atoms with Gasteiger partial charge in [-0.05, 0) is 48.7 Å². The molecule has 214 valence electrons. The number of hydrogen-bond donors (Lipinski definition) is 1. The fraction of sp³-hybridized carbons (Fsp3) is 0.333. The van der Waals surface area contributed by atoms with Crippen molar-refractivity contribution in [1.29, 1.82) is 0 Å². The Labute approximate surface area is 245 Å². The van der Waals surface area contributed by atoms with E-state index in [1.165, 1.54) is 12.0 Å². The minimum Gasteiger partial charge on any atom is -0.495 e. The molecule has 2 atom stereocenters. The van der Waals surface area contributed by atoms with E-state index in [1.807, 2.05) is 68.4 Å². The summed E-state index contributed by atoms with van der Waals surface area (Å²) in [6.45, 7) is 3.48. The van der Waals surface area contributed by atoms with Gasteiger partial charge in [0.15, 0.2) is 0 Å². The van der Waals surface area contributed by atoms with Gasteiger partial charge in [0.1, 0.15) is 18.3 Å². The van der Waals surface area contributed by atoms with Crippen LogP contribution in [0.1, 0.15) is 31.4 Å². The number of carbonyl (C=O) groups excluding carboxylic acids is 2. The number of para-hydroxylation sites is 2. The molecule has 40 heavy (non-hydrogen) atoms. The van der Waals surface area contributed by atoms with E-state index in [9.17, 15) is 18.0 Å². The SMILES string of the molecule is CCC(C)NC(=O)C(Cc1ccccc1)N(Cc1cccc(Br)c1)C(=O)CN(c1ccccc1OC)S(C)(=O)=O. The maximum atomic E-state index is 14.1. The van der Waals surface area contributed by atoms with Gasteiger partial charge >= 0.3 is 0 Å². The summed E-state index contributed by atoms with van der Waals surface area (Å²) in [5, 5.41) is 3.02. The Morgan fingerprint density at radius 1 is 0.975 bits per heavy atom. The first kappa shape index (κ1) is 31.2. The molecule has 0 aromatic heterocycles. The van der Waals surface area contributed by atoms with Crippen LogP contribution in [0.4, 0.5) is 5.69 Å². The number of methoxy groups -OCH3 is 1. The van der Waals surface area contributed by atoms with E-state index >= 15 is 0 Å². The van der Waals surface area contributed by atoms with Gasteiger partial charge < -0.3 is 15.0 Å². The highest BCUT2D eigenvalue weighted by molar-refractivity contribution is 9.10. The van der Waals surface area contributed by atoms with E-state index in [4.69, 9.17) is 4.74 Å².